The summed E-state index contributed by atoms with van der Waals surface area (Å²) in [6.07, 6.45) is 0.416. The predicted octanol–water partition coefficient (Wildman–Crippen LogP) is 3.56. The number of nitrogens with zero attached hydrogens (tertiary/aromatic N) is 3. The lowest BCUT2D eigenvalue weighted by Crippen LogP contribution is -2.01. The molecule has 1 aromatic heterocycles. The third-order valence-electron chi connectivity index (χ3n) is 2.96. The highest BCUT2D eigenvalue weighted by atomic mass is 35.5. The molecule has 1 aromatic carbocycles. The van der Waals surface area contributed by atoms with E-state index in [4.69, 9.17) is 16.9 Å². The molecule has 4 nitrogen and oxygen atoms in total. The van der Waals surface area contributed by atoms with Crippen LogP contribution in [-0.4, -0.2) is 10.2 Å². The van der Waals surface area contributed by atoms with Gasteiger partial charge in [-0.3, -0.25) is 0 Å². The number of aromatic nitrogens is 2. The largest absolute Gasteiger partial charge is 0.339 e. The molecule has 0 amide bonds. The molecule has 0 aliphatic rings. The number of halogens is 1. The van der Waals surface area contributed by atoms with E-state index in [1.165, 1.54) is 0 Å². The van der Waals surface area contributed by atoms with Crippen LogP contribution in [0, 0.1) is 25.2 Å². The Morgan fingerprint density at radius 3 is 2.47 bits per heavy atom. The first-order valence-electron chi connectivity index (χ1n) is 5.84. The minimum absolute atomic E-state index is 0.416. The van der Waals surface area contributed by atoms with Gasteiger partial charge in [0.1, 0.15) is 0 Å². The predicted molar refractivity (Wildman–Crippen MR) is 75.6 cm³/mol. The zero-order valence-electron chi connectivity index (χ0n) is 10.7. The van der Waals surface area contributed by atoms with Crippen molar-refractivity contribution in [2.45, 2.75) is 20.3 Å². The van der Waals surface area contributed by atoms with Crippen LogP contribution >= 0.6 is 11.6 Å². The summed E-state index contributed by atoms with van der Waals surface area (Å²) in [6, 6.07) is 9.77. The lowest BCUT2D eigenvalue weighted by atomic mass is 10.1. The summed E-state index contributed by atoms with van der Waals surface area (Å²) in [6.45, 7) is 3.86. The Kier molecular flexibility index (Phi) is 3.98. The first-order chi connectivity index (χ1) is 9.11. The smallest absolute Gasteiger partial charge is 0.156 e. The molecule has 0 bridgehead atoms. The van der Waals surface area contributed by atoms with Crippen LogP contribution in [0.3, 0.4) is 0 Å². The second kappa shape index (κ2) is 5.68. The van der Waals surface area contributed by atoms with E-state index in [1.54, 1.807) is 0 Å². The molecule has 0 fully saturated rings. The molecule has 0 radical (unpaired) electrons. The van der Waals surface area contributed by atoms with Gasteiger partial charge in [0.05, 0.1) is 12.5 Å². The van der Waals surface area contributed by atoms with Crippen molar-refractivity contribution in [2.75, 3.05) is 5.32 Å². The van der Waals surface area contributed by atoms with Crippen LogP contribution < -0.4 is 5.32 Å². The Balaban J connectivity index is 2.22. The van der Waals surface area contributed by atoms with E-state index in [1.807, 2.05) is 38.1 Å². The van der Waals surface area contributed by atoms with Crippen LogP contribution in [0.1, 0.15) is 16.7 Å². The standard InChI is InChI=1S/C14H13ClN4/c1-9-10(2)14(19-18-13(9)15)17-12-5-3-11(4-6-12)7-8-16/h3-6H,7H2,1-2H3,(H,17,19). The van der Waals surface area contributed by atoms with Crippen LogP contribution in [0.25, 0.3) is 0 Å². The van der Waals surface area contributed by atoms with Crippen molar-refractivity contribution in [3.8, 4) is 6.07 Å². The van der Waals surface area contributed by atoms with E-state index in [9.17, 15) is 0 Å². The summed E-state index contributed by atoms with van der Waals surface area (Å²) < 4.78 is 0. The second-order valence-electron chi connectivity index (χ2n) is 4.25. The Hall–Kier alpha value is -2.12. The molecule has 1 heterocycles. The van der Waals surface area contributed by atoms with Gasteiger partial charge >= 0.3 is 0 Å². The molecule has 0 saturated heterocycles. The van der Waals surface area contributed by atoms with E-state index >= 15 is 0 Å². The SMILES string of the molecule is Cc1c(Cl)nnc(Nc2ccc(CC#N)cc2)c1C. The fourth-order valence-corrected chi connectivity index (χ4v) is 1.81. The quantitative estimate of drug-likeness (QED) is 0.928. The van der Waals surface area contributed by atoms with Gasteiger partial charge in [-0.1, -0.05) is 23.7 Å². The Bertz CT molecular complexity index is 629. The van der Waals surface area contributed by atoms with E-state index in [0.717, 1.165) is 22.4 Å². The van der Waals surface area contributed by atoms with E-state index < -0.39 is 0 Å². The molecule has 2 aromatic rings. The maximum Gasteiger partial charge on any atom is 0.156 e. The summed E-state index contributed by atoms with van der Waals surface area (Å²) in [7, 11) is 0. The maximum atomic E-state index is 8.62. The average Bonchev–Trinajstić information content (AvgIpc) is 2.42. The number of hydrogen-bond acceptors (Lipinski definition) is 4. The monoisotopic (exact) mass is 272 g/mol. The first-order valence-corrected chi connectivity index (χ1v) is 6.22. The van der Waals surface area contributed by atoms with Gasteiger partial charge in [-0.15, -0.1) is 10.2 Å². The minimum Gasteiger partial charge on any atom is -0.339 e. The third kappa shape index (κ3) is 3.01. The van der Waals surface area contributed by atoms with E-state index in [-0.39, 0.29) is 0 Å². The molecule has 0 aliphatic carbocycles. The molecule has 5 heteroatoms. The molecule has 96 valence electrons. The summed E-state index contributed by atoms with van der Waals surface area (Å²) in [5.41, 5.74) is 3.78. The molecule has 0 saturated carbocycles. The van der Waals surface area contributed by atoms with Gasteiger partial charge in [-0.25, -0.2) is 0 Å². The highest BCUT2D eigenvalue weighted by molar-refractivity contribution is 6.30. The van der Waals surface area contributed by atoms with Crippen molar-refractivity contribution in [3.05, 3.63) is 46.1 Å². The molecule has 0 aliphatic heterocycles. The van der Waals surface area contributed by atoms with Gasteiger partial charge in [0.15, 0.2) is 11.0 Å². The topological polar surface area (TPSA) is 61.6 Å². The summed E-state index contributed by atoms with van der Waals surface area (Å²) in [5, 5.41) is 20.2. The molecule has 1 N–H and O–H groups in total. The van der Waals surface area contributed by atoms with E-state index in [0.29, 0.717) is 17.4 Å². The van der Waals surface area contributed by atoms with Crippen LogP contribution in [0.2, 0.25) is 5.15 Å². The Morgan fingerprint density at radius 1 is 1.16 bits per heavy atom. The van der Waals surface area contributed by atoms with Crippen molar-refractivity contribution in [1.82, 2.24) is 10.2 Å². The minimum atomic E-state index is 0.416. The average molecular weight is 273 g/mol. The number of nitrogens with one attached hydrogen (secondary N) is 1. The fraction of sp³-hybridized carbons (Fsp3) is 0.214. The molecular weight excluding hydrogens is 260 g/mol. The van der Waals surface area contributed by atoms with Gasteiger partial charge in [0, 0.05) is 5.69 Å². The normalized spacial score (nSPS) is 10.0. The number of hydrogen-bond donors (Lipinski definition) is 1. The first kappa shape index (κ1) is 13.3. The van der Waals surface area contributed by atoms with Crippen molar-refractivity contribution in [2.24, 2.45) is 0 Å². The summed E-state index contributed by atoms with van der Waals surface area (Å²) >= 11 is 5.91. The van der Waals surface area contributed by atoms with Crippen molar-refractivity contribution in [3.63, 3.8) is 0 Å². The fourth-order valence-electron chi connectivity index (χ4n) is 1.63. The highest BCUT2D eigenvalue weighted by Crippen LogP contribution is 2.23. The molecule has 0 unspecified atom stereocenters. The third-order valence-corrected chi connectivity index (χ3v) is 3.32. The molecule has 19 heavy (non-hydrogen) atoms. The van der Waals surface area contributed by atoms with Crippen LogP contribution in [0.5, 0.6) is 0 Å². The van der Waals surface area contributed by atoms with Gasteiger partial charge in [-0.2, -0.15) is 5.26 Å². The molecule has 0 spiro atoms. The number of benzene rings is 1. The number of nitriles is 1. The summed E-state index contributed by atoms with van der Waals surface area (Å²) in [4.78, 5) is 0. The lowest BCUT2D eigenvalue weighted by Gasteiger charge is -2.10. The zero-order valence-corrected chi connectivity index (χ0v) is 11.5. The highest BCUT2D eigenvalue weighted by Gasteiger charge is 2.08. The maximum absolute atomic E-state index is 8.62. The van der Waals surface area contributed by atoms with Gasteiger partial charge < -0.3 is 5.32 Å². The number of rotatable bonds is 3. The van der Waals surface area contributed by atoms with Crippen molar-refractivity contribution < 1.29 is 0 Å². The van der Waals surface area contributed by atoms with E-state index in [2.05, 4.69) is 21.6 Å². The summed E-state index contributed by atoms with van der Waals surface area (Å²) in [5.74, 6) is 0.690. The van der Waals surface area contributed by atoms with Gasteiger partial charge in [0.25, 0.3) is 0 Å². The van der Waals surface area contributed by atoms with Gasteiger partial charge in [-0.05, 0) is 42.7 Å². The Morgan fingerprint density at radius 2 is 1.84 bits per heavy atom. The molecular formula is C14H13ClN4. The van der Waals surface area contributed by atoms with Crippen LogP contribution in [0.15, 0.2) is 24.3 Å². The molecule has 2 rings (SSSR count). The Labute approximate surface area is 117 Å². The number of anilines is 2. The molecule has 0 atom stereocenters. The lowest BCUT2D eigenvalue weighted by molar-refractivity contribution is 1.00. The van der Waals surface area contributed by atoms with Crippen molar-refractivity contribution >= 4 is 23.1 Å². The van der Waals surface area contributed by atoms with Crippen LogP contribution in [-0.2, 0) is 6.42 Å². The van der Waals surface area contributed by atoms with Gasteiger partial charge in [0.2, 0.25) is 0 Å². The second-order valence-corrected chi connectivity index (χ2v) is 4.60. The van der Waals surface area contributed by atoms with Crippen molar-refractivity contribution in [1.29, 1.82) is 5.26 Å². The zero-order chi connectivity index (χ0) is 13.8. The van der Waals surface area contributed by atoms with Crippen LogP contribution in [0.4, 0.5) is 11.5 Å².